The summed E-state index contributed by atoms with van der Waals surface area (Å²) in [5, 5.41) is 5.02. The molecule has 0 bridgehead atoms. The monoisotopic (exact) mass is 248 g/mol. The molecule has 18 heavy (non-hydrogen) atoms. The number of carbonyl (C=O) groups excluding carboxylic acids is 1. The molecule has 0 atom stereocenters. The van der Waals surface area contributed by atoms with Crippen molar-refractivity contribution >= 4 is 16.7 Å². The average molecular weight is 248 g/mol. The second-order valence-electron chi connectivity index (χ2n) is 3.59. The molecule has 1 aromatic heterocycles. The van der Waals surface area contributed by atoms with Gasteiger partial charge in [-0.05, 0) is 12.1 Å². The zero-order chi connectivity index (χ0) is 13.1. The van der Waals surface area contributed by atoms with Crippen molar-refractivity contribution in [1.29, 1.82) is 0 Å². The highest BCUT2D eigenvalue weighted by molar-refractivity contribution is 5.86. The molecule has 0 aliphatic carbocycles. The number of aromatic nitrogens is 2. The van der Waals surface area contributed by atoms with Crippen LogP contribution in [-0.2, 0) is 11.3 Å². The van der Waals surface area contributed by atoms with Crippen molar-refractivity contribution in [3.63, 3.8) is 0 Å². The Morgan fingerprint density at radius 2 is 2.11 bits per heavy atom. The number of fused-ring (bicyclic) bond motifs is 1. The number of nitrogens with zero attached hydrogens (tertiary/aromatic N) is 2. The lowest BCUT2D eigenvalue weighted by Gasteiger charge is -2.08. The van der Waals surface area contributed by atoms with Crippen molar-refractivity contribution in [3.8, 4) is 5.88 Å². The van der Waals surface area contributed by atoms with Crippen molar-refractivity contribution in [1.82, 2.24) is 15.2 Å². The van der Waals surface area contributed by atoms with E-state index in [0.717, 1.165) is 4.68 Å². The second-order valence-corrected chi connectivity index (χ2v) is 3.59. The number of hydrogen-bond donors (Lipinski definition) is 2. The maximum Gasteiger partial charge on any atom is 0.275 e. The van der Waals surface area contributed by atoms with Gasteiger partial charge in [0.1, 0.15) is 6.54 Å². The van der Waals surface area contributed by atoms with Crippen LogP contribution in [0, 0.1) is 0 Å². The quantitative estimate of drug-likeness (QED) is 0.429. The van der Waals surface area contributed by atoms with Gasteiger partial charge in [0.15, 0.2) is 0 Å². The summed E-state index contributed by atoms with van der Waals surface area (Å²) < 4.78 is 6.12. The molecule has 2 rings (SSSR count). The minimum absolute atomic E-state index is 0.253. The van der Waals surface area contributed by atoms with Crippen molar-refractivity contribution in [2.24, 2.45) is 5.84 Å². The molecule has 0 aliphatic rings. The van der Waals surface area contributed by atoms with Gasteiger partial charge in [-0.1, -0.05) is 12.1 Å². The van der Waals surface area contributed by atoms with Gasteiger partial charge in [-0.25, -0.2) is 10.5 Å². The van der Waals surface area contributed by atoms with Crippen LogP contribution in [0.5, 0.6) is 5.88 Å². The van der Waals surface area contributed by atoms with Gasteiger partial charge >= 0.3 is 0 Å². The van der Waals surface area contributed by atoms with Gasteiger partial charge in [-0.15, -0.1) is 5.10 Å². The van der Waals surface area contributed by atoms with Crippen molar-refractivity contribution in [2.45, 2.75) is 6.54 Å². The lowest BCUT2D eigenvalue weighted by atomic mass is 10.2. The van der Waals surface area contributed by atoms with Crippen LogP contribution < -0.4 is 21.6 Å². The van der Waals surface area contributed by atoms with Crippen molar-refractivity contribution in [3.05, 3.63) is 34.6 Å². The number of nitrogens with one attached hydrogen (secondary N) is 1. The van der Waals surface area contributed by atoms with E-state index in [-0.39, 0.29) is 18.0 Å². The van der Waals surface area contributed by atoms with E-state index >= 15 is 0 Å². The number of hydrogen-bond acceptors (Lipinski definition) is 5. The fraction of sp³-hybridized carbons (Fsp3) is 0.182. The molecule has 2 aromatic rings. The molecule has 3 N–H and O–H groups in total. The number of carbonyl (C=O) groups is 1. The highest BCUT2D eigenvalue weighted by atomic mass is 16.5. The molecule has 94 valence electrons. The molecular formula is C11H12N4O3. The smallest absolute Gasteiger partial charge is 0.275 e. The van der Waals surface area contributed by atoms with Crippen LogP contribution in [0.1, 0.15) is 0 Å². The van der Waals surface area contributed by atoms with Gasteiger partial charge in [-0.2, -0.15) is 0 Å². The second kappa shape index (κ2) is 4.84. The predicted molar refractivity (Wildman–Crippen MR) is 64.9 cm³/mol. The molecule has 7 nitrogen and oxygen atoms in total. The third kappa shape index (κ3) is 2.03. The van der Waals surface area contributed by atoms with Crippen LogP contribution in [-0.4, -0.2) is 22.8 Å². The van der Waals surface area contributed by atoms with Crippen LogP contribution in [0.3, 0.4) is 0 Å². The standard InChI is InChI=1S/C11H12N4O3/c1-18-10-7-4-2-3-5-8(7)11(17)15(14-10)6-9(16)13-12/h2-5H,6,12H2,1H3,(H,13,16). The van der Waals surface area contributed by atoms with Gasteiger partial charge in [-0.3, -0.25) is 15.0 Å². The summed E-state index contributed by atoms with van der Waals surface area (Å²) in [5.74, 6) is 4.75. The Labute approximate surface area is 102 Å². The number of hydrazine groups is 1. The van der Waals surface area contributed by atoms with Gasteiger partial charge in [0.25, 0.3) is 11.5 Å². The summed E-state index contributed by atoms with van der Waals surface area (Å²) in [6.07, 6.45) is 0. The van der Waals surface area contributed by atoms with E-state index in [1.54, 1.807) is 24.3 Å². The summed E-state index contributed by atoms with van der Waals surface area (Å²) in [6, 6.07) is 6.90. The molecule has 1 aromatic carbocycles. The Morgan fingerprint density at radius 1 is 1.44 bits per heavy atom. The highest BCUT2D eigenvalue weighted by Gasteiger charge is 2.12. The first-order valence-corrected chi connectivity index (χ1v) is 5.20. The van der Waals surface area contributed by atoms with E-state index in [0.29, 0.717) is 10.8 Å². The SMILES string of the molecule is COc1nn(CC(=O)NN)c(=O)c2ccccc12. The number of rotatable bonds is 3. The van der Waals surface area contributed by atoms with E-state index in [4.69, 9.17) is 10.6 Å². The van der Waals surface area contributed by atoms with Crippen LogP contribution in [0.25, 0.3) is 10.8 Å². The molecule has 0 aliphatic heterocycles. The van der Waals surface area contributed by atoms with Gasteiger partial charge in [0.05, 0.1) is 17.9 Å². The van der Waals surface area contributed by atoms with Crippen LogP contribution in [0.4, 0.5) is 0 Å². The first-order valence-electron chi connectivity index (χ1n) is 5.20. The average Bonchev–Trinajstić information content (AvgIpc) is 2.41. The van der Waals surface area contributed by atoms with Crippen LogP contribution in [0.15, 0.2) is 29.1 Å². The number of ether oxygens (including phenoxy) is 1. The van der Waals surface area contributed by atoms with Crippen molar-refractivity contribution in [2.75, 3.05) is 7.11 Å². The molecule has 1 heterocycles. The molecule has 1 amide bonds. The third-order valence-corrected chi connectivity index (χ3v) is 2.48. The Kier molecular flexibility index (Phi) is 3.24. The molecular weight excluding hydrogens is 236 g/mol. The highest BCUT2D eigenvalue weighted by Crippen LogP contribution is 2.18. The number of amides is 1. The summed E-state index contributed by atoms with van der Waals surface area (Å²) >= 11 is 0. The largest absolute Gasteiger partial charge is 0.480 e. The van der Waals surface area contributed by atoms with Crippen molar-refractivity contribution < 1.29 is 9.53 Å². The Balaban J connectivity index is 2.65. The summed E-state index contributed by atoms with van der Waals surface area (Å²) in [5.41, 5.74) is 1.58. The number of benzene rings is 1. The Morgan fingerprint density at radius 3 is 2.72 bits per heavy atom. The maximum atomic E-state index is 12.1. The van der Waals surface area contributed by atoms with E-state index in [1.807, 2.05) is 5.43 Å². The molecule has 0 unspecified atom stereocenters. The first-order chi connectivity index (χ1) is 8.67. The van der Waals surface area contributed by atoms with Gasteiger partial charge in [0, 0.05) is 0 Å². The molecule has 0 saturated heterocycles. The number of nitrogens with two attached hydrogens (primary N) is 1. The van der Waals surface area contributed by atoms with E-state index in [1.165, 1.54) is 7.11 Å². The fourth-order valence-electron chi connectivity index (χ4n) is 1.64. The lowest BCUT2D eigenvalue weighted by molar-refractivity contribution is -0.121. The summed E-state index contributed by atoms with van der Waals surface area (Å²) in [7, 11) is 1.45. The van der Waals surface area contributed by atoms with E-state index in [2.05, 4.69) is 5.10 Å². The molecule has 0 radical (unpaired) electrons. The van der Waals surface area contributed by atoms with Crippen LogP contribution >= 0.6 is 0 Å². The minimum atomic E-state index is -0.512. The normalized spacial score (nSPS) is 10.3. The summed E-state index contributed by atoms with van der Waals surface area (Å²) in [4.78, 5) is 23.3. The van der Waals surface area contributed by atoms with E-state index in [9.17, 15) is 9.59 Å². The topological polar surface area (TPSA) is 99.2 Å². The zero-order valence-electron chi connectivity index (χ0n) is 9.71. The fourth-order valence-corrected chi connectivity index (χ4v) is 1.64. The van der Waals surface area contributed by atoms with Crippen LogP contribution in [0.2, 0.25) is 0 Å². The summed E-state index contributed by atoms with van der Waals surface area (Å²) in [6.45, 7) is -0.253. The minimum Gasteiger partial charge on any atom is -0.480 e. The molecule has 0 fully saturated rings. The lowest BCUT2D eigenvalue weighted by Crippen LogP contribution is -2.37. The molecule has 7 heteroatoms. The predicted octanol–water partition coefficient (Wildman–Crippen LogP) is -0.605. The molecule has 0 saturated carbocycles. The Bertz CT molecular complexity index is 650. The van der Waals surface area contributed by atoms with Gasteiger partial charge < -0.3 is 4.74 Å². The molecule has 0 spiro atoms. The van der Waals surface area contributed by atoms with Gasteiger partial charge in [0.2, 0.25) is 5.88 Å². The first kappa shape index (κ1) is 12.1. The maximum absolute atomic E-state index is 12.1. The number of methoxy groups -OCH3 is 1. The zero-order valence-corrected chi connectivity index (χ0v) is 9.71. The Hall–Kier alpha value is -2.41. The van der Waals surface area contributed by atoms with E-state index < -0.39 is 5.91 Å². The third-order valence-electron chi connectivity index (χ3n) is 2.48.